The van der Waals surface area contributed by atoms with Crippen LogP contribution in [-0.4, -0.2) is 0 Å². The van der Waals surface area contributed by atoms with Crippen LogP contribution in [0.5, 0.6) is 0 Å². The van der Waals surface area contributed by atoms with Gasteiger partial charge in [0.25, 0.3) is 0 Å². The number of hydrogen-bond acceptors (Lipinski definition) is 1. The third kappa shape index (κ3) is 3.82. The van der Waals surface area contributed by atoms with Crippen LogP contribution >= 0.6 is 11.6 Å². The lowest BCUT2D eigenvalue weighted by Gasteiger charge is -2.16. The number of hydrogen-bond donors (Lipinski definition) is 1. The van der Waals surface area contributed by atoms with Crippen molar-refractivity contribution in [3.63, 3.8) is 0 Å². The van der Waals surface area contributed by atoms with Crippen LogP contribution in [0.25, 0.3) is 0 Å². The monoisotopic (exact) mass is 273 g/mol. The molecule has 0 amide bonds. The summed E-state index contributed by atoms with van der Waals surface area (Å²) in [5, 5.41) is 4.33. The summed E-state index contributed by atoms with van der Waals surface area (Å²) in [7, 11) is 0. The summed E-state index contributed by atoms with van der Waals surface area (Å²) in [4.78, 5) is 0. The fourth-order valence-electron chi connectivity index (χ4n) is 2.20. The smallest absolute Gasteiger partial charge is 0.0409 e. The molecule has 0 bridgehead atoms. The first-order valence-electron chi connectivity index (χ1n) is 6.61. The molecule has 0 unspecified atom stereocenters. The Balaban J connectivity index is 2.02. The maximum atomic E-state index is 6.02. The van der Waals surface area contributed by atoms with E-state index in [-0.39, 0.29) is 0 Å². The van der Waals surface area contributed by atoms with Gasteiger partial charge in [-0.25, -0.2) is 0 Å². The van der Waals surface area contributed by atoms with Gasteiger partial charge in [0.1, 0.15) is 0 Å². The molecule has 0 aliphatic carbocycles. The van der Waals surface area contributed by atoms with E-state index in [1.54, 1.807) is 0 Å². The van der Waals surface area contributed by atoms with Crippen molar-refractivity contribution in [2.24, 2.45) is 0 Å². The first-order chi connectivity index (χ1) is 9.06. The van der Waals surface area contributed by atoms with Gasteiger partial charge in [0, 0.05) is 17.6 Å². The molecule has 0 radical (unpaired) electrons. The second-order valence-corrected chi connectivity index (χ2v) is 5.52. The predicted molar refractivity (Wildman–Crippen MR) is 82.6 cm³/mol. The summed E-state index contributed by atoms with van der Waals surface area (Å²) in [5.74, 6) is 0. The van der Waals surface area contributed by atoms with Gasteiger partial charge in [0.2, 0.25) is 0 Å². The third-order valence-corrected chi connectivity index (χ3v) is 3.68. The Labute approximate surface area is 120 Å². The van der Waals surface area contributed by atoms with Crippen molar-refractivity contribution in [2.45, 2.75) is 33.4 Å². The van der Waals surface area contributed by atoms with Crippen molar-refractivity contribution in [1.82, 2.24) is 5.32 Å². The van der Waals surface area contributed by atoms with E-state index in [2.05, 4.69) is 50.4 Å². The van der Waals surface area contributed by atoms with Crippen LogP contribution in [0.3, 0.4) is 0 Å². The number of aryl methyl sites for hydroxylation is 2. The van der Waals surface area contributed by atoms with Crippen LogP contribution < -0.4 is 5.32 Å². The van der Waals surface area contributed by atoms with Crippen molar-refractivity contribution < 1.29 is 0 Å². The van der Waals surface area contributed by atoms with Crippen LogP contribution in [0.2, 0.25) is 5.02 Å². The first kappa shape index (κ1) is 14.1. The number of nitrogens with one attached hydrogen (secondary N) is 1. The van der Waals surface area contributed by atoms with Gasteiger partial charge in [-0.15, -0.1) is 0 Å². The molecule has 1 N–H and O–H groups in total. The van der Waals surface area contributed by atoms with Gasteiger partial charge in [0.15, 0.2) is 0 Å². The molecule has 0 aromatic heterocycles. The SMILES string of the molecule is Cc1ccc(CN[C@@H](C)c2cccc(Cl)c2)c(C)c1. The lowest BCUT2D eigenvalue weighted by molar-refractivity contribution is 0.573. The maximum absolute atomic E-state index is 6.02. The Kier molecular flexibility index (Phi) is 4.62. The second kappa shape index (κ2) is 6.23. The Hall–Kier alpha value is -1.31. The average molecular weight is 274 g/mol. The average Bonchev–Trinajstić information content (AvgIpc) is 2.37. The van der Waals surface area contributed by atoms with Crippen LogP contribution in [0.15, 0.2) is 42.5 Å². The van der Waals surface area contributed by atoms with Crippen molar-refractivity contribution in [1.29, 1.82) is 0 Å². The van der Waals surface area contributed by atoms with Gasteiger partial charge in [0.05, 0.1) is 0 Å². The molecule has 2 heteroatoms. The Morgan fingerprint density at radius 1 is 1.11 bits per heavy atom. The molecular weight excluding hydrogens is 254 g/mol. The normalized spacial score (nSPS) is 12.4. The Morgan fingerprint density at radius 2 is 1.89 bits per heavy atom. The summed E-state index contributed by atoms with van der Waals surface area (Å²) < 4.78 is 0. The van der Waals surface area contributed by atoms with E-state index in [4.69, 9.17) is 11.6 Å². The molecule has 0 spiro atoms. The highest BCUT2D eigenvalue weighted by atomic mass is 35.5. The summed E-state index contributed by atoms with van der Waals surface area (Å²) in [6.45, 7) is 7.32. The van der Waals surface area contributed by atoms with Gasteiger partial charge in [-0.05, 0) is 49.6 Å². The standard InChI is InChI=1S/C17H20ClN/c1-12-7-8-16(13(2)9-12)11-19-14(3)15-5-4-6-17(18)10-15/h4-10,14,19H,11H2,1-3H3/t14-/m0/s1. The molecule has 0 heterocycles. The summed E-state index contributed by atoms with van der Waals surface area (Å²) in [6.07, 6.45) is 0. The zero-order valence-electron chi connectivity index (χ0n) is 11.7. The molecule has 0 fully saturated rings. The number of benzene rings is 2. The van der Waals surface area contributed by atoms with Crippen LogP contribution in [0.4, 0.5) is 0 Å². The Bertz CT molecular complexity index is 563. The summed E-state index contributed by atoms with van der Waals surface area (Å²) in [5.41, 5.74) is 5.21. The highest BCUT2D eigenvalue weighted by Crippen LogP contribution is 2.18. The van der Waals surface area contributed by atoms with E-state index < -0.39 is 0 Å². The van der Waals surface area contributed by atoms with Gasteiger partial charge >= 0.3 is 0 Å². The van der Waals surface area contributed by atoms with E-state index in [9.17, 15) is 0 Å². The van der Waals surface area contributed by atoms with Gasteiger partial charge in [-0.1, -0.05) is 47.5 Å². The molecule has 19 heavy (non-hydrogen) atoms. The van der Waals surface area contributed by atoms with E-state index in [1.807, 2.05) is 18.2 Å². The van der Waals surface area contributed by atoms with Crippen molar-refractivity contribution in [3.05, 3.63) is 69.7 Å². The van der Waals surface area contributed by atoms with E-state index in [1.165, 1.54) is 22.3 Å². The van der Waals surface area contributed by atoms with Gasteiger partial charge in [-0.3, -0.25) is 0 Å². The quantitative estimate of drug-likeness (QED) is 0.843. The summed E-state index contributed by atoms with van der Waals surface area (Å²) in [6, 6.07) is 14.9. The molecule has 1 nitrogen and oxygen atoms in total. The lowest BCUT2D eigenvalue weighted by Crippen LogP contribution is -2.18. The molecule has 0 saturated carbocycles. The Morgan fingerprint density at radius 3 is 2.58 bits per heavy atom. The molecule has 2 aromatic carbocycles. The predicted octanol–water partition coefficient (Wildman–Crippen LogP) is 4.81. The van der Waals surface area contributed by atoms with Crippen molar-refractivity contribution in [3.8, 4) is 0 Å². The maximum Gasteiger partial charge on any atom is 0.0409 e. The van der Waals surface area contributed by atoms with E-state index >= 15 is 0 Å². The molecule has 100 valence electrons. The third-order valence-electron chi connectivity index (χ3n) is 3.45. The largest absolute Gasteiger partial charge is 0.306 e. The van der Waals surface area contributed by atoms with Crippen LogP contribution in [0, 0.1) is 13.8 Å². The minimum atomic E-state index is 0.291. The van der Waals surface area contributed by atoms with E-state index in [0.29, 0.717) is 6.04 Å². The van der Waals surface area contributed by atoms with Crippen LogP contribution in [-0.2, 0) is 6.54 Å². The van der Waals surface area contributed by atoms with Crippen LogP contribution in [0.1, 0.15) is 35.2 Å². The summed E-state index contributed by atoms with van der Waals surface area (Å²) >= 11 is 6.02. The number of halogens is 1. The molecule has 1 atom stereocenters. The zero-order valence-corrected chi connectivity index (χ0v) is 12.5. The first-order valence-corrected chi connectivity index (χ1v) is 6.99. The topological polar surface area (TPSA) is 12.0 Å². The zero-order chi connectivity index (χ0) is 13.8. The molecular formula is C17H20ClN. The highest BCUT2D eigenvalue weighted by molar-refractivity contribution is 6.30. The lowest BCUT2D eigenvalue weighted by atomic mass is 10.0. The second-order valence-electron chi connectivity index (χ2n) is 5.09. The highest BCUT2D eigenvalue weighted by Gasteiger charge is 2.06. The van der Waals surface area contributed by atoms with Crippen molar-refractivity contribution in [2.75, 3.05) is 0 Å². The number of rotatable bonds is 4. The van der Waals surface area contributed by atoms with Gasteiger partial charge < -0.3 is 5.32 Å². The van der Waals surface area contributed by atoms with Crippen molar-refractivity contribution >= 4 is 11.6 Å². The van der Waals surface area contributed by atoms with E-state index in [0.717, 1.165) is 11.6 Å². The molecule has 2 aromatic rings. The van der Waals surface area contributed by atoms with Gasteiger partial charge in [-0.2, -0.15) is 0 Å². The minimum Gasteiger partial charge on any atom is -0.306 e. The molecule has 0 saturated heterocycles. The molecule has 0 aliphatic rings. The molecule has 2 rings (SSSR count). The molecule has 0 aliphatic heterocycles. The minimum absolute atomic E-state index is 0.291. The fraction of sp³-hybridized carbons (Fsp3) is 0.294. The fourth-order valence-corrected chi connectivity index (χ4v) is 2.40.